The van der Waals surface area contributed by atoms with Crippen LogP contribution in [0.5, 0.6) is 0 Å². The van der Waals surface area contributed by atoms with Gasteiger partial charge < -0.3 is 10.6 Å². The summed E-state index contributed by atoms with van der Waals surface area (Å²) in [5.41, 5.74) is 0.381. The van der Waals surface area contributed by atoms with Gasteiger partial charge in [-0.2, -0.15) is 0 Å². The molecule has 2 N–H and O–H groups in total. The van der Waals surface area contributed by atoms with Gasteiger partial charge in [0, 0.05) is 13.1 Å². The van der Waals surface area contributed by atoms with Gasteiger partial charge >= 0.3 is 0 Å². The molecule has 0 amide bonds. The third-order valence-corrected chi connectivity index (χ3v) is 2.27. The molecule has 0 aromatic heterocycles. The van der Waals surface area contributed by atoms with Gasteiger partial charge in [-0.3, -0.25) is 0 Å². The molecule has 14 heavy (non-hydrogen) atoms. The van der Waals surface area contributed by atoms with Crippen LogP contribution in [0.3, 0.4) is 0 Å². The normalized spacial score (nSPS) is 11.1. The zero-order valence-electron chi connectivity index (χ0n) is 9.94. The molecule has 0 saturated carbocycles. The maximum atomic E-state index is 5.13. The van der Waals surface area contributed by atoms with E-state index in [1.54, 1.807) is 0 Å². The molecule has 0 atom stereocenters. The molecular weight excluding hydrogens is 192 g/mol. The molecule has 0 radical (unpaired) electrons. The number of nitrogens with one attached hydrogen (secondary N) is 2. The van der Waals surface area contributed by atoms with E-state index in [4.69, 9.17) is 12.2 Å². The Kier molecular flexibility index (Phi) is 6.89. The van der Waals surface area contributed by atoms with Crippen molar-refractivity contribution in [1.29, 1.82) is 0 Å². The fourth-order valence-electron chi connectivity index (χ4n) is 0.992. The summed E-state index contributed by atoms with van der Waals surface area (Å²) in [5, 5.41) is 7.20. The van der Waals surface area contributed by atoms with E-state index in [-0.39, 0.29) is 0 Å². The van der Waals surface area contributed by atoms with Crippen molar-refractivity contribution >= 4 is 17.3 Å². The molecule has 0 aliphatic heterocycles. The van der Waals surface area contributed by atoms with Crippen LogP contribution in [0.4, 0.5) is 0 Å². The van der Waals surface area contributed by atoms with Gasteiger partial charge in [0.1, 0.15) is 0 Å². The Hall–Kier alpha value is -0.310. The topological polar surface area (TPSA) is 24.1 Å². The monoisotopic (exact) mass is 216 g/mol. The zero-order chi connectivity index (χ0) is 11.0. The minimum atomic E-state index is 0.381. The molecule has 0 heterocycles. The summed E-state index contributed by atoms with van der Waals surface area (Å²) in [7, 11) is 0. The Balaban J connectivity index is 3.36. The van der Waals surface area contributed by atoms with Crippen molar-refractivity contribution in [2.45, 2.75) is 47.0 Å². The van der Waals surface area contributed by atoms with Gasteiger partial charge in [-0.1, -0.05) is 34.1 Å². The minimum absolute atomic E-state index is 0.381. The van der Waals surface area contributed by atoms with E-state index in [1.165, 1.54) is 12.8 Å². The Morgan fingerprint density at radius 3 is 2.21 bits per heavy atom. The van der Waals surface area contributed by atoms with Crippen LogP contribution in [0.15, 0.2) is 0 Å². The zero-order valence-corrected chi connectivity index (χ0v) is 10.8. The molecule has 84 valence electrons. The first-order valence-electron chi connectivity index (χ1n) is 5.47. The van der Waals surface area contributed by atoms with E-state index in [2.05, 4.69) is 38.3 Å². The summed E-state index contributed by atoms with van der Waals surface area (Å²) in [5.74, 6) is 0. The van der Waals surface area contributed by atoms with Crippen LogP contribution in [-0.2, 0) is 0 Å². The van der Waals surface area contributed by atoms with Crippen molar-refractivity contribution < 1.29 is 0 Å². The molecule has 2 nitrogen and oxygen atoms in total. The molecule has 0 unspecified atom stereocenters. The first-order chi connectivity index (χ1) is 6.45. The predicted molar refractivity (Wildman–Crippen MR) is 67.6 cm³/mol. The van der Waals surface area contributed by atoms with Crippen molar-refractivity contribution in [1.82, 2.24) is 10.6 Å². The standard InChI is InChI=1S/C11H24N2S/c1-5-6-8-12-10(14)13-9-7-11(2,3)4/h5-9H2,1-4H3,(H2,12,13,14). The summed E-state index contributed by atoms with van der Waals surface area (Å²) >= 11 is 5.13. The van der Waals surface area contributed by atoms with Crippen LogP contribution in [0.2, 0.25) is 0 Å². The van der Waals surface area contributed by atoms with E-state index in [1.807, 2.05) is 0 Å². The number of unbranched alkanes of at least 4 members (excludes halogenated alkanes) is 1. The molecule has 0 saturated heterocycles. The Labute approximate surface area is 93.8 Å². The minimum Gasteiger partial charge on any atom is -0.363 e. The second-order valence-electron chi connectivity index (χ2n) is 4.85. The third kappa shape index (κ3) is 9.78. The Morgan fingerprint density at radius 1 is 1.14 bits per heavy atom. The average Bonchev–Trinajstić information content (AvgIpc) is 2.02. The van der Waals surface area contributed by atoms with Crippen LogP contribution >= 0.6 is 12.2 Å². The largest absolute Gasteiger partial charge is 0.363 e. The fraction of sp³-hybridized carbons (Fsp3) is 0.909. The second-order valence-corrected chi connectivity index (χ2v) is 5.26. The van der Waals surface area contributed by atoms with Crippen LogP contribution in [-0.4, -0.2) is 18.2 Å². The molecule has 0 aromatic carbocycles. The molecule has 0 aliphatic carbocycles. The van der Waals surface area contributed by atoms with E-state index in [9.17, 15) is 0 Å². The molecule has 3 heteroatoms. The van der Waals surface area contributed by atoms with E-state index < -0.39 is 0 Å². The number of rotatable bonds is 5. The highest BCUT2D eigenvalue weighted by Crippen LogP contribution is 2.16. The third-order valence-electron chi connectivity index (χ3n) is 1.98. The van der Waals surface area contributed by atoms with Gasteiger partial charge in [0.15, 0.2) is 5.11 Å². The van der Waals surface area contributed by atoms with Crippen LogP contribution in [0.1, 0.15) is 47.0 Å². The van der Waals surface area contributed by atoms with E-state index in [0.29, 0.717) is 5.41 Å². The maximum Gasteiger partial charge on any atom is 0.166 e. The van der Waals surface area contributed by atoms with Crippen LogP contribution in [0.25, 0.3) is 0 Å². The lowest BCUT2D eigenvalue weighted by Gasteiger charge is -2.19. The summed E-state index contributed by atoms with van der Waals surface area (Å²) in [4.78, 5) is 0. The lowest BCUT2D eigenvalue weighted by molar-refractivity contribution is 0.377. The number of thiocarbonyl (C=S) groups is 1. The summed E-state index contributed by atoms with van der Waals surface area (Å²) < 4.78 is 0. The van der Waals surface area contributed by atoms with Crippen LogP contribution < -0.4 is 10.6 Å². The highest BCUT2D eigenvalue weighted by atomic mass is 32.1. The number of hydrogen-bond donors (Lipinski definition) is 2. The predicted octanol–water partition coefficient (Wildman–Crippen LogP) is 2.69. The van der Waals surface area contributed by atoms with Gasteiger partial charge in [0.05, 0.1) is 0 Å². The maximum absolute atomic E-state index is 5.13. The first kappa shape index (κ1) is 13.7. The first-order valence-corrected chi connectivity index (χ1v) is 5.88. The highest BCUT2D eigenvalue weighted by molar-refractivity contribution is 7.80. The van der Waals surface area contributed by atoms with Crippen molar-refractivity contribution in [3.05, 3.63) is 0 Å². The molecular formula is C11H24N2S. The van der Waals surface area contributed by atoms with Crippen molar-refractivity contribution in [2.75, 3.05) is 13.1 Å². The van der Waals surface area contributed by atoms with Crippen molar-refractivity contribution in [2.24, 2.45) is 5.41 Å². The summed E-state index contributed by atoms with van der Waals surface area (Å²) in [6.07, 6.45) is 3.53. The highest BCUT2D eigenvalue weighted by Gasteiger charge is 2.09. The lowest BCUT2D eigenvalue weighted by atomic mass is 9.92. The van der Waals surface area contributed by atoms with E-state index in [0.717, 1.165) is 24.6 Å². The van der Waals surface area contributed by atoms with Gasteiger partial charge in [-0.05, 0) is 30.5 Å². The Morgan fingerprint density at radius 2 is 1.71 bits per heavy atom. The number of hydrogen-bond acceptors (Lipinski definition) is 1. The van der Waals surface area contributed by atoms with Gasteiger partial charge in [0.25, 0.3) is 0 Å². The molecule has 0 bridgehead atoms. The van der Waals surface area contributed by atoms with Gasteiger partial charge in [-0.25, -0.2) is 0 Å². The van der Waals surface area contributed by atoms with Gasteiger partial charge in [0.2, 0.25) is 0 Å². The smallest absolute Gasteiger partial charge is 0.166 e. The summed E-state index contributed by atoms with van der Waals surface area (Å²) in [6.45, 7) is 10.8. The lowest BCUT2D eigenvalue weighted by Crippen LogP contribution is -2.37. The Bertz CT molecular complexity index is 161. The van der Waals surface area contributed by atoms with Crippen molar-refractivity contribution in [3.63, 3.8) is 0 Å². The average molecular weight is 216 g/mol. The van der Waals surface area contributed by atoms with Crippen LogP contribution in [0, 0.1) is 5.41 Å². The van der Waals surface area contributed by atoms with Gasteiger partial charge in [-0.15, -0.1) is 0 Å². The molecule has 0 aliphatic rings. The summed E-state index contributed by atoms with van der Waals surface area (Å²) in [6, 6.07) is 0. The molecule has 0 spiro atoms. The molecule has 0 aromatic rings. The molecule has 0 fully saturated rings. The van der Waals surface area contributed by atoms with E-state index >= 15 is 0 Å². The fourth-order valence-corrected chi connectivity index (χ4v) is 1.20. The quantitative estimate of drug-likeness (QED) is 0.546. The molecule has 0 rings (SSSR count). The second kappa shape index (κ2) is 7.04. The SMILES string of the molecule is CCCCNC(=S)NCCC(C)(C)C. The van der Waals surface area contributed by atoms with Crippen molar-refractivity contribution in [3.8, 4) is 0 Å².